The molecule has 0 saturated carbocycles. The summed E-state index contributed by atoms with van der Waals surface area (Å²) in [5, 5.41) is 3.85. The van der Waals surface area contributed by atoms with Crippen LogP contribution in [0.25, 0.3) is 0 Å². The summed E-state index contributed by atoms with van der Waals surface area (Å²) in [6, 6.07) is 0. The molecule has 10 nitrogen and oxygen atoms in total. The van der Waals surface area contributed by atoms with Crippen LogP contribution in [0, 0.1) is 12.3 Å². The maximum absolute atomic E-state index is 12.6. The number of aromatic nitrogens is 4. The molecule has 2 saturated heterocycles. The molecule has 0 bridgehead atoms. The number of amides is 1. The number of hydrogen-bond acceptors (Lipinski definition) is 7. The highest BCUT2D eigenvalue weighted by atomic mass is 32.2. The third-order valence-corrected chi connectivity index (χ3v) is 7.23. The highest BCUT2D eigenvalue weighted by Crippen LogP contribution is 2.49. The number of imidazole rings is 1. The van der Waals surface area contributed by atoms with E-state index >= 15 is 0 Å². The number of carbonyl (C=O) groups is 1. The van der Waals surface area contributed by atoms with Crippen LogP contribution in [0.1, 0.15) is 35.0 Å². The lowest BCUT2D eigenvalue weighted by molar-refractivity contribution is 0.000905. The largest absolute Gasteiger partial charge is 0.340 e. The fourth-order valence-corrected chi connectivity index (χ4v) is 5.17. The number of carbonyl (C=O) groups excluding carboxylic acids is 1. The van der Waals surface area contributed by atoms with Crippen molar-refractivity contribution in [2.45, 2.75) is 19.8 Å². The predicted octanol–water partition coefficient (Wildman–Crippen LogP) is 0.00282. The normalized spacial score (nSPS) is 22.3. The van der Waals surface area contributed by atoms with Gasteiger partial charge in [0.15, 0.2) is 5.82 Å². The number of nitrogens with zero attached hydrogens (tertiary/aromatic N) is 6. The zero-order valence-corrected chi connectivity index (χ0v) is 16.3. The summed E-state index contributed by atoms with van der Waals surface area (Å²) >= 11 is 0. The van der Waals surface area contributed by atoms with E-state index in [0.29, 0.717) is 43.6 Å². The summed E-state index contributed by atoms with van der Waals surface area (Å²) in [6.07, 6.45) is 3.26. The molecular weight excluding hydrogens is 372 g/mol. The fraction of sp³-hybridized carbons (Fsp3) is 0.625. The van der Waals surface area contributed by atoms with Crippen molar-refractivity contribution in [1.82, 2.24) is 28.9 Å². The van der Waals surface area contributed by atoms with Crippen LogP contribution in [0.15, 0.2) is 17.0 Å². The Morgan fingerprint density at radius 2 is 2.11 bits per heavy atom. The second kappa shape index (κ2) is 6.13. The number of sulfonamides is 1. The van der Waals surface area contributed by atoms with E-state index in [1.54, 1.807) is 42.9 Å². The van der Waals surface area contributed by atoms with Crippen LogP contribution in [-0.2, 0) is 17.1 Å². The van der Waals surface area contributed by atoms with Gasteiger partial charge in [0.2, 0.25) is 15.9 Å². The number of hydrogen-bond donors (Lipinski definition) is 0. The van der Waals surface area contributed by atoms with Crippen LogP contribution < -0.4 is 0 Å². The Labute approximate surface area is 157 Å². The van der Waals surface area contributed by atoms with E-state index in [-0.39, 0.29) is 17.6 Å². The second-order valence-electron chi connectivity index (χ2n) is 7.37. The summed E-state index contributed by atoms with van der Waals surface area (Å²) in [5.74, 6) is 0.602. The summed E-state index contributed by atoms with van der Waals surface area (Å²) in [5.41, 5.74) is -0.0281. The Kier molecular flexibility index (Phi) is 4.11. The van der Waals surface area contributed by atoms with E-state index in [1.165, 1.54) is 4.31 Å². The van der Waals surface area contributed by atoms with Gasteiger partial charge in [-0.05, 0) is 13.8 Å². The molecule has 2 aliphatic rings. The first-order chi connectivity index (χ1) is 12.7. The zero-order valence-electron chi connectivity index (χ0n) is 15.5. The van der Waals surface area contributed by atoms with Crippen LogP contribution in [-0.4, -0.2) is 75.2 Å². The molecule has 0 aliphatic carbocycles. The van der Waals surface area contributed by atoms with Crippen LogP contribution in [0.4, 0.5) is 0 Å². The number of likely N-dealkylation sites (tertiary alicyclic amines) is 1. The van der Waals surface area contributed by atoms with Gasteiger partial charge in [-0.15, -0.1) is 0 Å². The molecule has 4 heterocycles. The summed E-state index contributed by atoms with van der Waals surface area (Å²) in [7, 11) is -1.54. The second-order valence-corrected chi connectivity index (χ2v) is 9.63. The van der Waals surface area contributed by atoms with Gasteiger partial charge in [0.05, 0.1) is 18.0 Å². The van der Waals surface area contributed by atoms with E-state index in [0.717, 1.165) is 0 Å². The third kappa shape index (κ3) is 2.94. The molecule has 2 aromatic rings. The Bertz CT molecular complexity index is 975. The summed E-state index contributed by atoms with van der Waals surface area (Å²) in [6.45, 7) is 4.87. The van der Waals surface area contributed by atoms with Crippen molar-refractivity contribution >= 4 is 15.9 Å². The molecule has 1 unspecified atom stereocenters. The minimum atomic E-state index is -3.34. The molecule has 0 aromatic carbocycles. The molecule has 2 fully saturated rings. The van der Waals surface area contributed by atoms with Gasteiger partial charge < -0.3 is 14.0 Å². The molecule has 146 valence electrons. The fourth-order valence-electron chi connectivity index (χ4n) is 3.98. The van der Waals surface area contributed by atoms with Crippen LogP contribution in [0.5, 0.6) is 0 Å². The highest BCUT2D eigenvalue weighted by Gasteiger charge is 2.59. The maximum Gasteiger partial charge on any atom is 0.274 e. The quantitative estimate of drug-likeness (QED) is 0.717. The summed E-state index contributed by atoms with van der Waals surface area (Å²) in [4.78, 5) is 22.8. The summed E-state index contributed by atoms with van der Waals surface area (Å²) < 4.78 is 33.4. The van der Waals surface area contributed by atoms with Crippen molar-refractivity contribution in [3.05, 3.63) is 29.9 Å². The van der Waals surface area contributed by atoms with E-state index in [2.05, 4.69) is 15.1 Å². The van der Waals surface area contributed by atoms with Gasteiger partial charge in [-0.3, -0.25) is 4.79 Å². The lowest BCUT2D eigenvalue weighted by Crippen LogP contribution is -2.61. The molecule has 4 rings (SSSR count). The molecule has 0 N–H and O–H groups in total. The Balaban J connectivity index is 1.59. The molecule has 1 spiro atoms. The minimum absolute atomic E-state index is 0.0369. The van der Waals surface area contributed by atoms with E-state index in [1.807, 2.05) is 0 Å². The monoisotopic (exact) mass is 394 g/mol. The van der Waals surface area contributed by atoms with Crippen LogP contribution >= 0.6 is 0 Å². The Morgan fingerprint density at radius 3 is 2.67 bits per heavy atom. The van der Waals surface area contributed by atoms with Gasteiger partial charge in [-0.1, -0.05) is 5.16 Å². The predicted molar refractivity (Wildman–Crippen MR) is 94.4 cm³/mol. The van der Waals surface area contributed by atoms with Crippen LogP contribution in [0.3, 0.4) is 0 Å². The van der Waals surface area contributed by atoms with Gasteiger partial charge in [0, 0.05) is 44.8 Å². The number of rotatable bonds is 4. The van der Waals surface area contributed by atoms with Crippen molar-refractivity contribution in [3.8, 4) is 0 Å². The topological polar surface area (TPSA) is 114 Å². The molecular formula is C16H22N6O4S. The van der Waals surface area contributed by atoms with Gasteiger partial charge in [0.25, 0.3) is 5.91 Å². The lowest BCUT2D eigenvalue weighted by atomic mass is 9.71. The Hall–Kier alpha value is -2.27. The molecule has 2 aliphatic heterocycles. The van der Waals surface area contributed by atoms with Gasteiger partial charge >= 0.3 is 0 Å². The zero-order chi connectivity index (χ0) is 19.4. The minimum Gasteiger partial charge on any atom is -0.340 e. The average Bonchev–Trinajstić information content (AvgIpc) is 3.30. The SMILES string of the molecule is CCS(=O)(=O)N1CC(c2nc(C)no2)C2(CN(C(=O)c3cn(C)cn3)C2)C1. The van der Waals surface area contributed by atoms with Crippen molar-refractivity contribution < 1.29 is 17.7 Å². The molecule has 11 heteroatoms. The highest BCUT2D eigenvalue weighted by molar-refractivity contribution is 7.89. The van der Waals surface area contributed by atoms with Crippen molar-refractivity contribution in [1.29, 1.82) is 0 Å². The van der Waals surface area contributed by atoms with Crippen molar-refractivity contribution in [2.75, 3.05) is 31.9 Å². The van der Waals surface area contributed by atoms with Gasteiger partial charge in [-0.25, -0.2) is 17.7 Å². The third-order valence-electron chi connectivity index (χ3n) is 5.44. The maximum atomic E-state index is 12.6. The van der Waals surface area contributed by atoms with E-state index in [9.17, 15) is 13.2 Å². The molecule has 27 heavy (non-hydrogen) atoms. The smallest absolute Gasteiger partial charge is 0.274 e. The molecule has 0 radical (unpaired) electrons. The lowest BCUT2D eigenvalue weighted by Gasteiger charge is -2.49. The first-order valence-electron chi connectivity index (χ1n) is 8.79. The van der Waals surface area contributed by atoms with E-state index in [4.69, 9.17) is 4.52 Å². The number of aryl methyl sites for hydroxylation is 2. The van der Waals surface area contributed by atoms with Gasteiger partial charge in [-0.2, -0.15) is 4.98 Å². The first-order valence-corrected chi connectivity index (χ1v) is 10.4. The van der Waals surface area contributed by atoms with Crippen molar-refractivity contribution in [2.24, 2.45) is 12.5 Å². The van der Waals surface area contributed by atoms with Crippen LogP contribution in [0.2, 0.25) is 0 Å². The first kappa shape index (κ1) is 18.1. The molecule has 1 amide bonds. The average molecular weight is 394 g/mol. The molecule has 1 atom stereocenters. The molecule has 2 aromatic heterocycles. The standard InChI is InChI=1S/C16H22N6O4S/c1-4-27(24,25)22-5-12(14-18-11(2)19-26-14)16(9-22)7-21(8-16)15(23)13-6-20(3)10-17-13/h6,10,12H,4-5,7-9H2,1-3H3. The van der Waals surface area contributed by atoms with Gasteiger partial charge in [0.1, 0.15) is 5.69 Å². The van der Waals surface area contributed by atoms with E-state index < -0.39 is 15.4 Å². The Morgan fingerprint density at radius 1 is 1.37 bits per heavy atom. The van der Waals surface area contributed by atoms with Crippen molar-refractivity contribution in [3.63, 3.8) is 0 Å².